The van der Waals surface area contributed by atoms with Crippen LogP contribution in [0.25, 0.3) is 0 Å². The summed E-state index contributed by atoms with van der Waals surface area (Å²) in [6.45, 7) is 7.40. The molecule has 0 bridgehead atoms. The molecular formula is C20H23ClN2O2. The van der Waals surface area contributed by atoms with Gasteiger partial charge in [0.1, 0.15) is 5.41 Å². The van der Waals surface area contributed by atoms with Gasteiger partial charge in [0.25, 0.3) is 0 Å². The maximum absolute atomic E-state index is 12.5. The predicted molar refractivity (Wildman–Crippen MR) is 103 cm³/mol. The van der Waals surface area contributed by atoms with Crippen LogP contribution >= 0.6 is 11.6 Å². The van der Waals surface area contributed by atoms with Crippen molar-refractivity contribution in [2.75, 3.05) is 10.6 Å². The highest BCUT2D eigenvalue weighted by Crippen LogP contribution is 2.23. The molecule has 132 valence electrons. The van der Waals surface area contributed by atoms with Crippen molar-refractivity contribution in [2.45, 2.75) is 33.6 Å². The molecule has 5 heteroatoms. The zero-order valence-corrected chi connectivity index (χ0v) is 15.6. The van der Waals surface area contributed by atoms with Crippen molar-refractivity contribution in [1.29, 1.82) is 0 Å². The van der Waals surface area contributed by atoms with E-state index in [-0.39, 0.29) is 11.8 Å². The summed E-state index contributed by atoms with van der Waals surface area (Å²) in [6.07, 6.45) is 0. The summed E-state index contributed by atoms with van der Waals surface area (Å²) >= 11 is 5.83. The number of carbonyl (C=O) groups excluding carboxylic acids is 2. The van der Waals surface area contributed by atoms with Gasteiger partial charge in [0.2, 0.25) is 11.8 Å². The molecule has 0 aliphatic carbocycles. The minimum Gasteiger partial charge on any atom is -0.325 e. The second-order valence-electron chi connectivity index (χ2n) is 6.82. The molecule has 0 radical (unpaired) electrons. The van der Waals surface area contributed by atoms with Gasteiger partial charge in [-0.15, -0.1) is 0 Å². The van der Waals surface area contributed by atoms with Crippen molar-refractivity contribution in [1.82, 2.24) is 0 Å². The van der Waals surface area contributed by atoms with Crippen LogP contribution in [0.1, 0.15) is 39.2 Å². The molecule has 0 aliphatic rings. The van der Waals surface area contributed by atoms with Crippen molar-refractivity contribution in [3.05, 3.63) is 59.1 Å². The average Bonchev–Trinajstić information content (AvgIpc) is 2.57. The van der Waals surface area contributed by atoms with Gasteiger partial charge in [-0.2, -0.15) is 0 Å². The molecule has 0 aromatic heterocycles. The van der Waals surface area contributed by atoms with E-state index in [4.69, 9.17) is 11.6 Å². The fraction of sp³-hybridized carbons (Fsp3) is 0.300. The van der Waals surface area contributed by atoms with E-state index >= 15 is 0 Å². The Morgan fingerprint density at radius 1 is 0.840 bits per heavy atom. The van der Waals surface area contributed by atoms with Crippen LogP contribution in [0, 0.1) is 5.41 Å². The highest BCUT2D eigenvalue weighted by Gasteiger charge is 2.36. The SMILES string of the molecule is CC(C)c1ccc(NC(=O)C(C)(C)C(=O)Nc2ccc(Cl)cc2)cc1. The Morgan fingerprint density at radius 2 is 1.24 bits per heavy atom. The molecule has 0 aliphatic heterocycles. The van der Waals surface area contributed by atoms with Crippen LogP contribution in [0.5, 0.6) is 0 Å². The number of rotatable bonds is 5. The summed E-state index contributed by atoms with van der Waals surface area (Å²) in [5.41, 5.74) is 1.23. The van der Waals surface area contributed by atoms with Gasteiger partial charge in [-0.05, 0) is 61.7 Å². The largest absolute Gasteiger partial charge is 0.325 e. The Morgan fingerprint density at radius 3 is 1.64 bits per heavy atom. The van der Waals surface area contributed by atoms with E-state index in [1.165, 1.54) is 5.56 Å². The molecule has 2 amide bonds. The summed E-state index contributed by atoms with van der Waals surface area (Å²) in [4.78, 5) is 25.0. The lowest BCUT2D eigenvalue weighted by atomic mass is 9.90. The molecule has 2 rings (SSSR count). The van der Waals surface area contributed by atoms with Gasteiger partial charge in [0, 0.05) is 16.4 Å². The van der Waals surface area contributed by atoms with E-state index in [1.807, 2.05) is 24.3 Å². The van der Waals surface area contributed by atoms with Crippen molar-refractivity contribution >= 4 is 34.8 Å². The number of nitrogens with one attached hydrogen (secondary N) is 2. The van der Waals surface area contributed by atoms with Crippen LogP contribution in [0.3, 0.4) is 0 Å². The summed E-state index contributed by atoms with van der Waals surface area (Å²) < 4.78 is 0. The fourth-order valence-corrected chi connectivity index (χ4v) is 2.29. The number of benzene rings is 2. The first-order valence-electron chi connectivity index (χ1n) is 8.18. The second-order valence-corrected chi connectivity index (χ2v) is 7.25. The van der Waals surface area contributed by atoms with E-state index in [0.29, 0.717) is 22.3 Å². The third-order valence-electron chi connectivity index (χ3n) is 4.07. The molecule has 2 N–H and O–H groups in total. The van der Waals surface area contributed by atoms with Crippen LogP contribution in [-0.2, 0) is 9.59 Å². The highest BCUT2D eigenvalue weighted by molar-refractivity contribution is 6.30. The van der Waals surface area contributed by atoms with Crippen molar-refractivity contribution in [2.24, 2.45) is 5.41 Å². The van der Waals surface area contributed by atoms with Crippen LogP contribution in [-0.4, -0.2) is 11.8 Å². The van der Waals surface area contributed by atoms with E-state index in [2.05, 4.69) is 24.5 Å². The maximum atomic E-state index is 12.5. The van der Waals surface area contributed by atoms with Gasteiger partial charge in [-0.1, -0.05) is 37.6 Å². The summed E-state index contributed by atoms with van der Waals surface area (Å²) in [6, 6.07) is 14.4. The number of amides is 2. The van der Waals surface area contributed by atoms with Crippen molar-refractivity contribution < 1.29 is 9.59 Å². The molecule has 0 fully saturated rings. The molecule has 25 heavy (non-hydrogen) atoms. The van der Waals surface area contributed by atoms with E-state index in [9.17, 15) is 9.59 Å². The normalized spacial score (nSPS) is 11.3. The molecule has 2 aromatic carbocycles. The Hall–Kier alpha value is -2.33. The minimum atomic E-state index is -1.23. The first-order chi connectivity index (χ1) is 11.7. The highest BCUT2D eigenvalue weighted by atomic mass is 35.5. The lowest BCUT2D eigenvalue weighted by molar-refractivity contribution is -0.135. The molecule has 0 saturated carbocycles. The molecule has 2 aromatic rings. The average molecular weight is 359 g/mol. The molecule has 0 unspecified atom stereocenters. The number of hydrogen-bond acceptors (Lipinski definition) is 2. The third kappa shape index (κ3) is 4.83. The van der Waals surface area contributed by atoms with Gasteiger partial charge < -0.3 is 10.6 Å². The third-order valence-corrected chi connectivity index (χ3v) is 4.32. The monoisotopic (exact) mass is 358 g/mol. The fourth-order valence-electron chi connectivity index (χ4n) is 2.16. The summed E-state index contributed by atoms with van der Waals surface area (Å²) in [5, 5.41) is 6.13. The van der Waals surface area contributed by atoms with Crippen molar-refractivity contribution in [3.8, 4) is 0 Å². The smallest absolute Gasteiger partial charge is 0.239 e. The molecule has 0 heterocycles. The van der Waals surface area contributed by atoms with Gasteiger partial charge in [0.05, 0.1) is 0 Å². The Balaban J connectivity index is 2.05. The zero-order chi connectivity index (χ0) is 18.6. The predicted octanol–water partition coefficient (Wildman–Crippen LogP) is 5.07. The quantitative estimate of drug-likeness (QED) is 0.733. The van der Waals surface area contributed by atoms with Gasteiger partial charge in [-0.25, -0.2) is 0 Å². The van der Waals surface area contributed by atoms with Gasteiger partial charge in [0.15, 0.2) is 0 Å². The number of halogens is 1. The van der Waals surface area contributed by atoms with Crippen LogP contribution in [0.4, 0.5) is 11.4 Å². The Kier molecular flexibility index (Phi) is 5.85. The number of carbonyl (C=O) groups is 2. The maximum Gasteiger partial charge on any atom is 0.239 e. The lowest BCUT2D eigenvalue weighted by Gasteiger charge is -2.23. The van der Waals surface area contributed by atoms with E-state index in [0.717, 1.165) is 0 Å². The zero-order valence-electron chi connectivity index (χ0n) is 14.9. The molecule has 4 nitrogen and oxygen atoms in total. The Bertz CT molecular complexity index is 750. The topological polar surface area (TPSA) is 58.2 Å². The van der Waals surface area contributed by atoms with E-state index in [1.54, 1.807) is 38.1 Å². The van der Waals surface area contributed by atoms with Crippen LogP contribution in [0.2, 0.25) is 5.02 Å². The number of anilines is 2. The van der Waals surface area contributed by atoms with E-state index < -0.39 is 5.41 Å². The molecule has 0 spiro atoms. The van der Waals surface area contributed by atoms with Crippen LogP contribution in [0.15, 0.2) is 48.5 Å². The Labute approximate surface area is 153 Å². The molecule has 0 saturated heterocycles. The second kappa shape index (κ2) is 7.70. The number of hydrogen-bond donors (Lipinski definition) is 2. The first kappa shape index (κ1) is 19.0. The first-order valence-corrected chi connectivity index (χ1v) is 8.56. The van der Waals surface area contributed by atoms with Crippen LogP contribution < -0.4 is 10.6 Å². The minimum absolute atomic E-state index is 0.365. The van der Waals surface area contributed by atoms with Gasteiger partial charge in [-0.3, -0.25) is 9.59 Å². The summed E-state index contributed by atoms with van der Waals surface area (Å²) in [7, 11) is 0. The molecular weight excluding hydrogens is 336 g/mol. The standard InChI is InChI=1S/C20H23ClN2O2/c1-13(2)14-5-9-16(10-6-14)22-18(24)20(3,4)19(25)23-17-11-7-15(21)8-12-17/h5-13H,1-4H3,(H,22,24)(H,23,25). The lowest BCUT2D eigenvalue weighted by Crippen LogP contribution is -2.41. The molecule has 0 atom stereocenters. The van der Waals surface area contributed by atoms with Gasteiger partial charge >= 0.3 is 0 Å². The summed E-state index contributed by atoms with van der Waals surface area (Å²) in [5.74, 6) is -0.325. The van der Waals surface area contributed by atoms with Crippen molar-refractivity contribution in [3.63, 3.8) is 0 Å².